The molecule has 6 nitrogen and oxygen atoms in total. The molecule has 0 fully saturated rings. The molecule has 0 bridgehead atoms. The Labute approximate surface area is 129 Å². The van der Waals surface area contributed by atoms with Gasteiger partial charge in [0.15, 0.2) is 5.96 Å². The maximum atomic E-state index is 5.41. The van der Waals surface area contributed by atoms with E-state index in [-0.39, 0.29) is 0 Å². The smallest absolute Gasteiger partial charge is 0.190 e. The second-order valence-corrected chi connectivity index (χ2v) is 4.64. The van der Waals surface area contributed by atoms with E-state index in [1.807, 2.05) is 6.92 Å². The third kappa shape index (κ3) is 15.4. The summed E-state index contributed by atoms with van der Waals surface area (Å²) in [6.07, 6.45) is 4.28. The highest BCUT2D eigenvalue weighted by Gasteiger charge is 1.97. The Kier molecular flexibility index (Phi) is 16.5. The van der Waals surface area contributed by atoms with Crippen LogP contribution in [0.4, 0.5) is 0 Å². The number of hydrogen-bond donors (Lipinski definition) is 2. The first-order valence-electron chi connectivity index (χ1n) is 7.94. The first kappa shape index (κ1) is 20.1. The van der Waals surface area contributed by atoms with Crippen LogP contribution in [0, 0.1) is 0 Å². The van der Waals surface area contributed by atoms with Crippen molar-refractivity contribution in [1.29, 1.82) is 0 Å². The predicted molar refractivity (Wildman–Crippen MR) is 87.0 cm³/mol. The van der Waals surface area contributed by atoms with Crippen LogP contribution >= 0.6 is 0 Å². The second kappa shape index (κ2) is 17.2. The lowest BCUT2D eigenvalue weighted by atomic mass is 10.3. The van der Waals surface area contributed by atoms with E-state index in [4.69, 9.17) is 14.2 Å². The topological polar surface area (TPSA) is 64.1 Å². The second-order valence-electron chi connectivity index (χ2n) is 4.64. The van der Waals surface area contributed by atoms with Crippen LogP contribution in [0.25, 0.3) is 0 Å². The van der Waals surface area contributed by atoms with Crippen LogP contribution in [-0.2, 0) is 14.2 Å². The highest BCUT2D eigenvalue weighted by molar-refractivity contribution is 5.79. The lowest BCUT2D eigenvalue weighted by Crippen LogP contribution is -2.38. The molecule has 126 valence electrons. The number of unbranched alkanes of at least 4 members (excludes halogenated alkanes) is 2. The fraction of sp³-hybridized carbons (Fsp3) is 0.933. The van der Waals surface area contributed by atoms with Crippen molar-refractivity contribution >= 4 is 5.96 Å². The molecule has 0 rings (SSSR count). The highest BCUT2D eigenvalue weighted by Crippen LogP contribution is 1.90. The fourth-order valence-corrected chi connectivity index (χ4v) is 1.68. The zero-order valence-corrected chi connectivity index (χ0v) is 14.0. The van der Waals surface area contributed by atoms with Crippen molar-refractivity contribution in [2.75, 3.05) is 60.3 Å². The molecule has 0 aliphatic rings. The Bertz CT molecular complexity index is 238. The summed E-state index contributed by atoms with van der Waals surface area (Å²) in [5.41, 5.74) is 0. The van der Waals surface area contributed by atoms with Gasteiger partial charge in [-0.3, -0.25) is 4.99 Å². The average molecular weight is 303 g/mol. The summed E-state index contributed by atoms with van der Waals surface area (Å²) in [7, 11) is 3.48. The quantitative estimate of drug-likeness (QED) is 0.289. The standard InChI is InChI=1S/C15H33N3O3/c1-4-20-11-7-5-9-17-15(16-2)18-10-6-8-12-21-14-13-19-3/h4-14H2,1-3H3,(H2,16,17,18). The van der Waals surface area contributed by atoms with E-state index in [0.29, 0.717) is 13.2 Å². The number of hydrogen-bond acceptors (Lipinski definition) is 4. The van der Waals surface area contributed by atoms with Crippen LogP contribution < -0.4 is 10.6 Å². The van der Waals surface area contributed by atoms with Crippen molar-refractivity contribution in [3.8, 4) is 0 Å². The normalized spacial score (nSPS) is 11.7. The minimum absolute atomic E-state index is 0.665. The third-order valence-electron chi connectivity index (χ3n) is 2.88. The first-order chi connectivity index (χ1) is 10.3. The van der Waals surface area contributed by atoms with Crippen LogP contribution in [0.2, 0.25) is 0 Å². The van der Waals surface area contributed by atoms with Gasteiger partial charge in [-0.25, -0.2) is 0 Å². The molecule has 0 saturated heterocycles. The Morgan fingerprint density at radius 1 is 0.857 bits per heavy atom. The number of rotatable bonds is 14. The maximum Gasteiger partial charge on any atom is 0.190 e. The van der Waals surface area contributed by atoms with Crippen molar-refractivity contribution in [3.05, 3.63) is 0 Å². The zero-order chi connectivity index (χ0) is 15.6. The van der Waals surface area contributed by atoms with E-state index in [0.717, 1.165) is 64.6 Å². The molecule has 0 spiro atoms. The van der Waals surface area contributed by atoms with Gasteiger partial charge < -0.3 is 24.8 Å². The van der Waals surface area contributed by atoms with Crippen LogP contribution in [0.1, 0.15) is 32.6 Å². The molecule has 0 unspecified atom stereocenters. The summed E-state index contributed by atoms with van der Waals surface area (Å²) >= 11 is 0. The van der Waals surface area contributed by atoms with E-state index in [1.54, 1.807) is 14.2 Å². The van der Waals surface area contributed by atoms with Crippen LogP contribution in [-0.4, -0.2) is 66.2 Å². The minimum atomic E-state index is 0.665. The van der Waals surface area contributed by atoms with Gasteiger partial charge in [0.1, 0.15) is 0 Å². The number of nitrogens with zero attached hydrogens (tertiary/aromatic N) is 1. The summed E-state index contributed by atoms with van der Waals surface area (Å²) in [6, 6.07) is 0. The maximum absolute atomic E-state index is 5.41. The summed E-state index contributed by atoms with van der Waals surface area (Å²) in [5, 5.41) is 6.60. The highest BCUT2D eigenvalue weighted by atomic mass is 16.5. The number of guanidine groups is 1. The van der Waals surface area contributed by atoms with Crippen LogP contribution in [0.15, 0.2) is 4.99 Å². The number of methoxy groups -OCH3 is 1. The van der Waals surface area contributed by atoms with Crippen LogP contribution in [0.3, 0.4) is 0 Å². The van der Waals surface area contributed by atoms with Gasteiger partial charge in [-0.15, -0.1) is 0 Å². The van der Waals surface area contributed by atoms with Crippen LogP contribution in [0.5, 0.6) is 0 Å². The summed E-state index contributed by atoms with van der Waals surface area (Å²) in [4.78, 5) is 4.20. The lowest BCUT2D eigenvalue weighted by Gasteiger charge is -2.11. The van der Waals surface area contributed by atoms with Crippen molar-refractivity contribution in [1.82, 2.24) is 10.6 Å². The van der Waals surface area contributed by atoms with Gasteiger partial charge in [0.2, 0.25) is 0 Å². The van der Waals surface area contributed by atoms with Gasteiger partial charge >= 0.3 is 0 Å². The van der Waals surface area contributed by atoms with Crippen molar-refractivity contribution in [2.45, 2.75) is 32.6 Å². The van der Waals surface area contributed by atoms with E-state index in [9.17, 15) is 0 Å². The summed E-state index contributed by atoms with van der Waals surface area (Å²) in [5.74, 6) is 0.867. The molecule has 0 saturated carbocycles. The molecule has 0 amide bonds. The number of nitrogens with one attached hydrogen (secondary N) is 2. The number of aliphatic imine (C=N–C) groups is 1. The van der Waals surface area contributed by atoms with Crippen molar-refractivity contribution in [3.63, 3.8) is 0 Å². The molecular weight excluding hydrogens is 270 g/mol. The third-order valence-corrected chi connectivity index (χ3v) is 2.88. The lowest BCUT2D eigenvalue weighted by molar-refractivity contribution is 0.0689. The van der Waals surface area contributed by atoms with Gasteiger partial charge in [-0.2, -0.15) is 0 Å². The van der Waals surface area contributed by atoms with Crippen molar-refractivity contribution in [2.24, 2.45) is 4.99 Å². The van der Waals surface area contributed by atoms with Crippen molar-refractivity contribution < 1.29 is 14.2 Å². The zero-order valence-electron chi connectivity index (χ0n) is 14.0. The van der Waals surface area contributed by atoms with Gasteiger partial charge in [0.05, 0.1) is 13.2 Å². The minimum Gasteiger partial charge on any atom is -0.382 e. The first-order valence-corrected chi connectivity index (χ1v) is 7.94. The van der Waals surface area contributed by atoms with Gasteiger partial charge in [-0.05, 0) is 32.6 Å². The molecule has 0 aromatic rings. The molecule has 6 heteroatoms. The van der Waals surface area contributed by atoms with Gasteiger partial charge in [0, 0.05) is 47.1 Å². The average Bonchev–Trinajstić information content (AvgIpc) is 2.51. The van der Waals surface area contributed by atoms with E-state index < -0.39 is 0 Å². The number of ether oxygens (including phenoxy) is 3. The molecule has 0 radical (unpaired) electrons. The molecule has 0 heterocycles. The molecule has 0 atom stereocenters. The Hall–Kier alpha value is -0.850. The van der Waals surface area contributed by atoms with E-state index in [2.05, 4.69) is 15.6 Å². The Morgan fingerprint density at radius 2 is 1.48 bits per heavy atom. The summed E-state index contributed by atoms with van der Waals surface area (Å²) in [6.45, 7) is 7.62. The molecule has 0 aliphatic heterocycles. The summed E-state index contributed by atoms with van der Waals surface area (Å²) < 4.78 is 15.6. The molecule has 0 aromatic carbocycles. The monoisotopic (exact) mass is 303 g/mol. The SMILES string of the molecule is CCOCCCCNC(=NC)NCCCCOCCOC. The molecule has 0 aromatic heterocycles. The Morgan fingerprint density at radius 3 is 2.00 bits per heavy atom. The Balaban J connectivity index is 3.33. The molecular formula is C15H33N3O3. The molecule has 0 aliphatic carbocycles. The van der Waals surface area contributed by atoms with Gasteiger partial charge in [0.25, 0.3) is 0 Å². The van der Waals surface area contributed by atoms with E-state index >= 15 is 0 Å². The predicted octanol–water partition coefficient (Wildman–Crippen LogP) is 1.41. The molecule has 21 heavy (non-hydrogen) atoms. The fourth-order valence-electron chi connectivity index (χ4n) is 1.68. The van der Waals surface area contributed by atoms with Gasteiger partial charge in [-0.1, -0.05) is 0 Å². The largest absolute Gasteiger partial charge is 0.382 e. The van der Waals surface area contributed by atoms with E-state index in [1.165, 1.54) is 0 Å². The molecule has 2 N–H and O–H groups in total.